The van der Waals surface area contributed by atoms with Crippen LogP contribution in [0, 0.1) is 0 Å². The van der Waals surface area contributed by atoms with Crippen molar-refractivity contribution in [3.63, 3.8) is 0 Å². The molecule has 0 atom stereocenters. The van der Waals surface area contributed by atoms with Crippen LogP contribution in [0.5, 0.6) is 11.5 Å². The number of hydrogen-bond donors (Lipinski definition) is 2. The molecule has 158 valence electrons. The molecular weight excluding hydrogens is 392 g/mol. The van der Waals surface area contributed by atoms with E-state index in [1.807, 2.05) is 67.7 Å². The van der Waals surface area contributed by atoms with Crippen molar-refractivity contribution in [2.45, 2.75) is 77.8 Å². The van der Waals surface area contributed by atoms with E-state index in [0.717, 1.165) is 0 Å². The molecule has 0 aromatic heterocycles. The van der Waals surface area contributed by atoms with Crippen LogP contribution < -0.4 is 8.85 Å². The highest BCUT2D eigenvalue weighted by atomic mass is 28.4. The molecule has 0 unspecified atom stereocenters. The van der Waals surface area contributed by atoms with Gasteiger partial charge in [-0.1, -0.05) is 41.5 Å². The Morgan fingerprint density at radius 2 is 0.964 bits per heavy atom. The first-order valence-corrected chi connectivity index (χ1v) is 15.1. The Bertz CT molecular complexity index is 704. The van der Waals surface area contributed by atoms with Gasteiger partial charge in [-0.05, 0) is 48.4 Å². The van der Waals surface area contributed by atoms with Crippen molar-refractivity contribution in [2.75, 3.05) is 0 Å². The topological polar surface area (TPSA) is 93.1 Å². The summed E-state index contributed by atoms with van der Waals surface area (Å²) < 4.78 is 12.3. The zero-order valence-corrected chi connectivity index (χ0v) is 20.7. The Balaban J connectivity index is 3.61. The van der Waals surface area contributed by atoms with Crippen LogP contribution in [0.2, 0.25) is 36.3 Å². The second-order valence-electron chi connectivity index (χ2n) is 10.2. The van der Waals surface area contributed by atoms with Gasteiger partial charge in [-0.2, -0.15) is 0 Å². The SMILES string of the molecule is CC(C)(C)[Si](C)(C)Oc1cc(C(=O)O)c(O[Si](C)(C)C(C)(C)C)cc1C(=O)O. The van der Waals surface area contributed by atoms with E-state index in [2.05, 4.69) is 0 Å². The first-order valence-electron chi connectivity index (χ1n) is 9.33. The molecule has 0 spiro atoms. The molecule has 0 aliphatic carbocycles. The van der Waals surface area contributed by atoms with Crippen LogP contribution in [-0.4, -0.2) is 38.8 Å². The van der Waals surface area contributed by atoms with Crippen LogP contribution in [0.1, 0.15) is 62.3 Å². The second-order valence-corrected chi connectivity index (χ2v) is 19.6. The maximum atomic E-state index is 11.9. The minimum Gasteiger partial charge on any atom is -0.543 e. The molecule has 0 fully saturated rings. The molecule has 28 heavy (non-hydrogen) atoms. The Labute approximate surface area is 170 Å². The summed E-state index contributed by atoms with van der Waals surface area (Å²) in [7, 11) is -4.73. The van der Waals surface area contributed by atoms with Crippen LogP contribution in [0.25, 0.3) is 0 Å². The molecule has 0 aliphatic rings. The number of carbonyl (C=O) groups is 2. The average Bonchev–Trinajstić information content (AvgIpc) is 2.44. The molecule has 0 bridgehead atoms. The highest BCUT2D eigenvalue weighted by Crippen LogP contribution is 2.42. The van der Waals surface area contributed by atoms with E-state index in [9.17, 15) is 19.8 Å². The van der Waals surface area contributed by atoms with E-state index < -0.39 is 28.6 Å². The van der Waals surface area contributed by atoms with Gasteiger partial charge in [-0.3, -0.25) is 0 Å². The van der Waals surface area contributed by atoms with Gasteiger partial charge in [0.05, 0.1) is 0 Å². The van der Waals surface area contributed by atoms with E-state index >= 15 is 0 Å². The fourth-order valence-electron chi connectivity index (χ4n) is 1.92. The molecule has 0 heterocycles. The first-order chi connectivity index (χ1) is 12.3. The molecule has 0 radical (unpaired) electrons. The molecule has 0 aliphatic heterocycles. The lowest BCUT2D eigenvalue weighted by Gasteiger charge is -2.38. The molecule has 0 saturated carbocycles. The highest BCUT2D eigenvalue weighted by molar-refractivity contribution is 6.75. The fourth-order valence-corrected chi connectivity index (χ4v) is 3.97. The van der Waals surface area contributed by atoms with Crippen molar-refractivity contribution < 1.29 is 28.7 Å². The quantitative estimate of drug-likeness (QED) is 0.554. The Hall–Kier alpha value is -1.81. The molecule has 2 N–H and O–H groups in total. The lowest BCUT2D eigenvalue weighted by atomic mass is 10.1. The van der Waals surface area contributed by atoms with Crippen LogP contribution in [0.4, 0.5) is 0 Å². The van der Waals surface area contributed by atoms with Crippen LogP contribution in [0.15, 0.2) is 12.1 Å². The molecular formula is C20H34O6Si2. The van der Waals surface area contributed by atoms with E-state index in [-0.39, 0.29) is 32.7 Å². The van der Waals surface area contributed by atoms with Gasteiger partial charge in [0.15, 0.2) is 0 Å². The van der Waals surface area contributed by atoms with Gasteiger partial charge in [0, 0.05) is 0 Å². The third-order valence-corrected chi connectivity index (χ3v) is 14.6. The summed E-state index contributed by atoms with van der Waals surface area (Å²) in [5.41, 5.74) is -0.160. The van der Waals surface area contributed by atoms with Crippen molar-refractivity contribution in [1.29, 1.82) is 0 Å². The highest BCUT2D eigenvalue weighted by Gasteiger charge is 2.42. The zero-order chi connectivity index (χ0) is 22.3. The normalized spacial score (nSPS) is 13.2. The smallest absolute Gasteiger partial charge is 0.339 e. The monoisotopic (exact) mass is 426 g/mol. The molecule has 1 aromatic rings. The van der Waals surface area contributed by atoms with Gasteiger partial charge in [0.25, 0.3) is 16.6 Å². The minimum atomic E-state index is -2.36. The summed E-state index contributed by atoms with van der Waals surface area (Å²) in [6.07, 6.45) is 0. The molecule has 1 rings (SSSR count). The van der Waals surface area contributed by atoms with Crippen LogP contribution >= 0.6 is 0 Å². The van der Waals surface area contributed by atoms with Crippen LogP contribution in [-0.2, 0) is 0 Å². The van der Waals surface area contributed by atoms with Crippen molar-refractivity contribution in [3.8, 4) is 11.5 Å². The van der Waals surface area contributed by atoms with Crippen molar-refractivity contribution in [2.24, 2.45) is 0 Å². The van der Waals surface area contributed by atoms with Crippen LogP contribution in [0.3, 0.4) is 0 Å². The van der Waals surface area contributed by atoms with Gasteiger partial charge in [0.1, 0.15) is 22.6 Å². The standard InChI is InChI=1S/C20H34O6Si2/c1-19(2,3)27(7,8)25-15-11-14(18(23)24)16(12-13(15)17(21)22)26-28(9,10)20(4,5)6/h11-12H,1-10H3,(H,21,22)(H,23,24). The largest absolute Gasteiger partial charge is 0.543 e. The lowest BCUT2D eigenvalue weighted by molar-refractivity contribution is 0.0677. The van der Waals surface area contributed by atoms with Gasteiger partial charge >= 0.3 is 11.9 Å². The third kappa shape index (κ3) is 5.17. The predicted octanol–water partition coefficient (Wildman–Crippen LogP) is 5.85. The maximum absolute atomic E-state index is 11.9. The van der Waals surface area contributed by atoms with Gasteiger partial charge in [-0.15, -0.1) is 0 Å². The third-order valence-electron chi connectivity index (χ3n) is 5.89. The number of rotatable bonds is 6. The zero-order valence-electron chi connectivity index (χ0n) is 18.7. The molecule has 0 amide bonds. The Morgan fingerprint density at radius 3 is 1.14 bits per heavy atom. The van der Waals surface area contributed by atoms with E-state index in [0.29, 0.717) is 0 Å². The van der Waals surface area contributed by atoms with Gasteiger partial charge < -0.3 is 19.1 Å². The summed E-state index contributed by atoms with van der Waals surface area (Å²) in [4.78, 5) is 23.8. The summed E-state index contributed by atoms with van der Waals surface area (Å²) in [6, 6.07) is 2.60. The Kier molecular flexibility index (Phi) is 6.53. The molecule has 0 saturated heterocycles. The van der Waals surface area contributed by atoms with Gasteiger partial charge in [0.2, 0.25) is 0 Å². The number of carboxylic acid groups (broad SMARTS) is 2. The summed E-state index contributed by atoms with van der Waals surface area (Å²) in [5, 5.41) is 19.1. The average molecular weight is 427 g/mol. The van der Waals surface area contributed by atoms with Crippen molar-refractivity contribution >= 4 is 28.6 Å². The van der Waals surface area contributed by atoms with E-state index in [1.54, 1.807) is 0 Å². The second kappa shape index (κ2) is 7.55. The number of carboxylic acids is 2. The Morgan fingerprint density at radius 1 is 0.714 bits per heavy atom. The lowest BCUT2D eigenvalue weighted by Crippen LogP contribution is -2.45. The van der Waals surface area contributed by atoms with Gasteiger partial charge in [-0.25, -0.2) is 9.59 Å². The number of aromatic carboxylic acids is 2. The molecule has 8 heteroatoms. The molecule has 1 aromatic carbocycles. The summed E-state index contributed by atoms with van der Waals surface area (Å²) in [5.74, 6) is -2.19. The summed E-state index contributed by atoms with van der Waals surface area (Å²) >= 11 is 0. The van der Waals surface area contributed by atoms with Crippen molar-refractivity contribution in [1.82, 2.24) is 0 Å². The number of benzene rings is 1. The minimum absolute atomic E-state index is 0.0801. The maximum Gasteiger partial charge on any atom is 0.339 e. The van der Waals surface area contributed by atoms with Crippen molar-refractivity contribution in [3.05, 3.63) is 23.3 Å². The van der Waals surface area contributed by atoms with E-state index in [1.165, 1.54) is 12.1 Å². The van der Waals surface area contributed by atoms with E-state index in [4.69, 9.17) is 8.85 Å². The predicted molar refractivity (Wildman–Crippen MR) is 116 cm³/mol. The molecule has 6 nitrogen and oxygen atoms in total. The fraction of sp³-hybridized carbons (Fsp3) is 0.600. The first kappa shape index (κ1) is 24.2. The number of hydrogen-bond acceptors (Lipinski definition) is 4. The summed E-state index contributed by atoms with van der Waals surface area (Å²) in [6.45, 7) is 20.1.